The highest BCUT2D eigenvalue weighted by molar-refractivity contribution is 7.99. The first-order chi connectivity index (χ1) is 7.75. The molecule has 0 aliphatic heterocycles. The van der Waals surface area contributed by atoms with Crippen molar-refractivity contribution in [2.24, 2.45) is 5.92 Å². The van der Waals surface area contributed by atoms with Crippen LogP contribution in [0, 0.1) is 5.92 Å². The second kappa shape index (κ2) is 5.34. The van der Waals surface area contributed by atoms with Crippen molar-refractivity contribution in [3.8, 4) is 0 Å². The fraction of sp³-hybridized carbons (Fsp3) is 0.500. The zero-order valence-corrected chi connectivity index (χ0v) is 9.87. The van der Waals surface area contributed by atoms with Gasteiger partial charge in [0, 0.05) is 5.75 Å². The monoisotopic (exact) mass is 237 g/mol. The molecule has 1 aromatic rings. The average molecular weight is 237 g/mol. The molecule has 16 heavy (non-hydrogen) atoms. The average Bonchev–Trinajstić information content (AvgIpc) is 2.79. The molecule has 0 amide bonds. The van der Waals surface area contributed by atoms with E-state index in [1.807, 2.05) is 6.07 Å². The van der Waals surface area contributed by atoms with Gasteiger partial charge in [0.1, 0.15) is 5.69 Å². The lowest BCUT2D eigenvalue weighted by Gasteiger charge is -2.07. The lowest BCUT2D eigenvalue weighted by Crippen LogP contribution is -2.01. The summed E-state index contributed by atoms with van der Waals surface area (Å²) in [7, 11) is 0. The van der Waals surface area contributed by atoms with Crippen LogP contribution >= 0.6 is 11.8 Å². The Hall–Kier alpha value is -1.03. The third kappa shape index (κ3) is 2.98. The van der Waals surface area contributed by atoms with Gasteiger partial charge in [-0.2, -0.15) is 0 Å². The number of carboxylic acid groups (broad SMARTS) is 1. The van der Waals surface area contributed by atoms with E-state index in [1.54, 1.807) is 17.8 Å². The minimum Gasteiger partial charge on any atom is -0.477 e. The van der Waals surface area contributed by atoms with E-state index in [0.717, 1.165) is 16.7 Å². The van der Waals surface area contributed by atoms with E-state index in [1.165, 1.54) is 31.7 Å². The fourth-order valence-electron chi connectivity index (χ4n) is 1.99. The van der Waals surface area contributed by atoms with Crippen LogP contribution in [0.1, 0.15) is 36.2 Å². The number of aromatic nitrogens is 1. The van der Waals surface area contributed by atoms with Gasteiger partial charge in [0.2, 0.25) is 0 Å². The maximum absolute atomic E-state index is 10.7. The normalized spacial score (nSPS) is 16.5. The largest absolute Gasteiger partial charge is 0.477 e. The molecule has 4 heteroatoms. The van der Waals surface area contributed by atoms with Crippen LogP contribution in [-0.4, -0.2) is 21.8 Å². The molecule has 0 radical (unpaired) electrons. The fourth-order valence-corrected chi connectivity index (χ4v) is 3.07. The van der Waals surface area contributed by atoms with E-state index in [-0.39, 0.29) is 5.69 Å². The van der Waals surface area contributed by atoms with Crippen molar-refractivity contribution >= 4 is 17.7 Å². The minimum atomic E-state index is -0.955. The van der Waals surface area contributed by atoms with E-state index in [0.29, 0.717) is 0 Å². The van der Waals surface area contributed by atoms with E-state index in [4.69, 9.17) is 5.11 Å². The summed E-state index contributed by atoms with van der Waals surface area (Å²) in [6.45, 7) is 0. The van der Waals surface area contributed by atoms with E-state index >= 15 is 0 Å². The highest BCUT2D eigenvalue weighted by Crippen LogP contribution is 2.30. The Morgan fingerprint density at radius 2 is 2.19 bits per heavy atom. The smallest absolute Gasteiger partial charge is 0.354 e. The lowest BCUT2D eigenvalue weighted by molar-refractivity contribution is 0.0689. The van der Waals surface area contributed by atoms with Crippen LogP contribution in [0.3, 0.4) is 0 Å². The van der Waals surface area contributed by atoms with Gasteiger partial charge in [0.05, 0.1) is 5.03 Å². The highest BCUT2D eigenvalue weighted by atomic mass is 32.2. The SMILES string of the molecule is O=C(O)c1cccc(SCC2CCCC2)n1. The van der Waals surface area contributed by atoms with Gasteiger partial charge < -0.3 is 5.11 Å². The van der Waals surface area contributed by atoms with Crippen molar-refractivity contribution in [3.05, 3.63) is 23.9 Å². The van der Waals surface area contributed by atoms with Gasteiger partial charge in [-0.3, -0.25) is 0 Å². The third-order valence-electron chi connectivity index (χ3n) is 2.88. The molecule has 1 heterocycles. The number of aromatic carboxylic acids is 1. The number of hydrogen-bond acceptors (Lipinski definition) is 3. The summed E-state index contributed by atoms with van der Waals surface area (Å²) < 4.78 is 0. The summed E-state index contributed by atoms with van der Waals surface area (Å²) in [5.41, 5.74) is 0.136. The molecule has 0 spiro atoms. The molecular formula is C12H15NO2S. The van der Waals surface area contributed by atoms with Crippen LogP contribution in [-0.2, 0) is 0 Å². The van der Waals surface area contributed by atoms with Crippen LogP contribution in [0.5, 0.6) is 0 Å². The molecule has 1 fully saturated rings. The standard InChI is InChI=1S/C12H15NO2S/c14-12(15)10-6-3-7-11(13-10)16-8-9-4-1-2-5-9/h3,6-7,9H,1-2,4-5,8H2,(H,14,15). The molecule has 0 bridgehead atoms. The first kappa shape index (κ1) is 11.5. The van der Waals surface area contributed by atoms with Gasteiger partial charge in [-0.25, -0.2) is 9.78 Å². The van der Waals surface area contributed by atoms with Crippen molar-refractivity contribution in [1.29, 1.82) is 0 Å². The molecule has 86 valence electrons. The number of carbonyl (C=O) groups is 1. The van der Waals surface area contributed by atoms with Crippen molar-refractivity contribution < 1.29 is 9.90 Å². The van der Waals surface area contributed by atoms with Crippen LogP contribution in [0.25, 0.3) is 0 Å². The number of hydrogen-bond donors (Lipinski definition) is 1. The molecular weight excluding hydrogens is 222 g/mol. The number of carboxylic acids is 1. The summed E-state index contributed by atoms with van der Waals surface area (Å²) in [5.74, 6) is 0.902. The third-order valence-corrected chi connectivity index (χ3v) is 4.05. The van der Waals surface area contributed by atoms with E-state index in [2.05, 4.69) is 4.98 Å². The molecule has 1 aromatic heterocycles. The lowest BCUT2D eigenvalue weighted by atomic mass is 10.1. The van der Waals surface area contributed by atoms with Crippen LogP contribution in [0.2, 0.25) is 0 Å². The molecule has 1 saturated carbocycles. The van der Waals surface area contributed by atoms with Gasteiger partial charge in [-0.1, -0.05) is 18.9 Å². The summed E-state index contributed by atoms with van der Waals surface area (Å²) in [4.78, 5) is 14.8. The summed E-state index contributed by atoms with van der Waals surface area (Å²) in [6.07, 6.45) is 5.30. The number of thioether (sulfide) groups is 1. The summed E-state index contributed by atoms with van der Waals surface area (Å²) in [6, 6.07) is 5.17. The first-order valence-corrected chi connectivity index (χ1v) is 6.57. The maximum Gasteiger partial charge on any atom is 0.354 e. The summed E-state index contributed by atoms with van der Waals surface area (Å²) >= 11 is 1.67. The van der Waals surface area contributed by atoms with Crippen LogP contribution in [0.15, 0.2) is 23.2 Å². The van der Waals surface area contributed by atoms with Crippen molar-refractivity contribution in [2.45, 2.75) is 30.7 Å². The Bertz CT molecular complexity index is 375. The second-order valence-electron chi connectivity index (χ2n) is 4.13. The van der Waals surface area contributed by atoms with Gasteiger partial charge in [-0.15, -0.1) is 11.8 Å². The van der Waals surface area contributed by atoms with E-state index < -0.39 is 5.97 Å². The second-order valence-corrected chi connectivity index (χ2v) is 5.17. The van der Waals surface area contributed by atoms with E-state index in [9.17, 15) is 4.79 Å². The quantitative estimate of drug-likeness (QED) is 0.818. The molecule has 0 unspecified atom stereocenters. The molecule has 1 aliphatic carbocycles. The predicted octanol–water partition coefficient (Wildman–Crippen LogP) is 3.06. The summed E-state index contributed by atoms with van der Waals surface area (Å²) in [5, 5.41) is 9.64. The van der Waals surface area contributed by atoms with Gasteiger partial charge in [0.15, 0.2) is 0 Å². The number of nitrogens with zero attached hydrogens (tertiary/aromatic N) is 1. The van der Waals surface area contributed by atoms with Crippen molar-refractivity contribution in [3.63, 3.8) is 0 Å². The molecule has 0 aromatic carbocycles. The Kier molecular flexibility index (Phi) is 3.83. The Morgan fingerprint density at radius 1 is 1.44 bits per heavy atom. The van der Waals surface area contributed by atoms with Crippen molar-refractivity contribution in [1.82, 2.24) is 4.98 Å². The molecule has 1 N–H and O–H groups in total. The van der Waals surface area contributed by atoms with Crippen molar-refractivity contribution in [2.75, 3.05) is 5.75 Å². The van der Waals surface area contributed by atoms with Gasteiger partial charge in [0.25, 0.3) is 0 Å². The zero-order chi connectivity index (χ0) is 11.4. The Morgan fingerprint density at radius 3 is 2.88 bits per heavy atom. The van der Waals surface area contributed by atoms with Gasteiger partial charge >= 0.3 is 5.97 Å². The Balaban J connectivity index is 1.93. The Labute approximate surface area is 99.3 Å². The highest BCUT2D eigenvalue weighted by Gasteiger charge is 2.15. The topological polar surface area (TPSA) is 50.2 Å². The van der Waals surface area contributed by atoms with Gasteiger partial charge in [-0.05, 0) is 30.9 Å². The molecule has 0 saturated heterocycles. The number of pyridine rings is 1. The van der Waals surface area contributed by atoms with Crippen LogP contribution < -0.4 is 0 Å². The zero-order valence-electron chi connectivity index (χ0n) is 9.06. The first-order valence-electron chi connectivity index (χ1n) is 5.59. The van der Waals surface area contributed by atoms with Crippen LogP contribution in [0.4, 0.5) is 0 Å². The molecule has 1 aliphatic rings. The maximum atomic E-state index is 10.7. The number of rotatable bonds is 4. The molecule has 2 rings (SSSR count). The minimum absolute atomic E-state index is 0.136. The molecule has 3 nitrogen and oxygen atoms in total. The molecule has 0 atom stereocenters. The predicted molar refractivity (Wildman–Crippen MR) is 63.9 cm³/mol.